The first kappa shape index (κ1) is 20.4. The average molecular weight is 429 g/mol. The van der Waals surface area contributed by atoms with E-state index in [-0.39, 0.29) is 5.91 Å². The van der Waals surface area contributed by atoms with Gasteiger partial charge in [0.2, 0.25) is 5.91 Å². The molecule has 1 aliphatic rings. The summed E-state index contributed by atoms with van der Waals surface area (Å²) in [5, 5.41) is 8.21. The van der Waals surface area contributed by atoms with Crippen LogP contribution in [0.2, 0.25) is 0 Å². The summed E-state index contributed by atoms with van der Waals surface area (Å²) in [5.74, 6) is 0.835. The number of amides is 1. The summed E-state index contributed by atoms with van der Waals surface area (Å²) in [6.45, 7) is 2.64. The van der Waals surface area contributed by atoms with Gasteiger partial charge in [-0.3, -0.25) is 9.48 Å². The summed E-state index contributed by atoms with van der Waals surface area (Å²) in [6.07, 6.45) is 7.32. The Morgan fingerprint density at radius 2 is 1.91 bits per heavy atom. The summed E-state index contributed by atoms with van der Waals surface area (Å²) >= 11 is 0. The van der Waals surface area contributed by atoms with Crippen LogP contribution in [0.3, 0.4) is 0 Å². The predicted molar refractivity (Wildman–Crippen MR) is 124 cm³/mol. The number of aromatic nitrogens is 5. The van der Waals surface area contributed by atoms with Crippen molar-refractivity contribution in [1.82, 2.24) is 29.4 Å². The fourth-order valence-electron chi connectivity index (χ4n) is 4.55. The molecular formula is C25H28N6O. The molecule has 4 aromatic rings. The number of nitrogens with zero attached hydrogens (tertiary/aromatic N) is 6. The molecule has 1 aliphatic heterocycles. The number of fused-ring (bicyclic) bond motifs is 1. The molecule has 0 aliphatic carbocycles. The van der Waals surface area contributed by atoms with E-state index in [1.807, 2.05) is 42.7 Å². The van der Waals surface area contributed by atoms with Crippen LogP contribution >= 0.6 is 0 Å². The summed E-state index contributed by atoms with van der Waals surface area (Å²) in [6, 6.07) is 16.5. The summed E-state index contributed by atoms with van der Waals surface area (Å²) in [7, 11) is 1.87. The number of carbonyl (C=O) groups is 1. The quantitative estimate of drug-likeness (QED) is 0.470. The fourth-order valence-corrected chi connectivity index (χ4v) is 4.55. The number of benzene rings is 2. The Hall–Kier alpha value is -3.48. The minimum atomic E-state index is 0.275. The molecule has 2 aromatic heterocycles. The molecule has 0 N–H and O–H groups in total. The van der Waals surface area contributed by atoms with Crippen LogP contribution in [0.4, 0.5) is 0 Å². The number of hydrogen-bond donors (Lipinski definition) is 0. The normalized spacial score (nSPS) is 14.8. The van der Waals surface area contributed by atoms with E-state index < -0.39 is 0 Å². The second kappa shape index (κ2) is 8.94. The SMILES string of the molecule is Cn1cc(-c2ccc3c(c2)ncn3CC2CCN(C(=O)CCc3ccccc3)CC2)nn1. The van der Waals surface area contributed by atoms with Gasteiger partial charge in [0.1, 0.15) is 5.69 Å². The Bertz CT molecular complexity index is 1200. The molecule has 2 aromatic carbocycles. The molecule has 0 bridgehead atoms. The largest absolute Gasteiger partial charge is 0.343 e. The van der Waals surface area contributed by atoms with Gasteiger partial charge in [-0.2, -0.15) is 0 Å². The lowest BCUT2D eigenvalue weighted by molar-refractivity contribution is -0.132. The van der Waals surface area contributed by atoms with Gasteiger partial charge in [-0.05, 0) is 42.9 Å². The zero-order valence-electron chi connectivity index (χ0n) is 18.4. The first-order valence-electron chi connectivity index (χ1n) is 11.3. The Kier molecular flexibility index (Phi) is 5.71. The van der Waals surface area contributed by atoms with Crippen LogP contribution in [-0.2, 0) is 24.8 Å². The standard InChI is InChI=1S/C25H28N6O/c1-29-17-23(27-28-29)21-8-9-24-22(15-21)26-18-31(24)16-20-11-13-30(14-12-20)25(32)10-7-19-5-3-2-4-6-19/h2-6,8-9,15,17-18,20H,7,10-14,16H2,1H3. The Morgan fingerprint density at radius 1 is 1.09 bits per heavy atom. The Balaban J connectivity index is 1.17. The molecule has 3 heterocycles. The van der Waals surface area contributed by atoms with E-state index in [9.17, 15) is 4.79 Å². The van der Waals surface area contributed by atoms with Crippen LogP contribution in [0.1, 0.15) is 24.8 Å². The maximum absolute atomic E-state index is 12.6. The molecule has 1 saturated heterocycles. The first-order valence-corrected chi connectivity index (χ1v) is 11.3. The van der Waals surface area contributed by atoms with Gasteiger partial charge in [0.05, 0.1) is 23.6 Å². The third-order valence-electron chi connectivity index (χ3n) is 6.41. The topological polar surface area (TPSA) is 68.8 Å². The lowest BCUT2D eigenvalue weighted by Crippen LogP contribution is -2.39. The Morgan fingerprint density at radius 3 is 2.66 bits per heavy atom. The average Bonchev–Trinajstić information content (AvgIpc) is 3.44. The van der Waals surface area contributed by atoms with Crippen molar-refractivity contribution in [1.29, 1.82) is 0 Å². The van der Waals surface area contributed by atoms with E-state index in [0.717, 1.165) is 61.2 Å². The fraction of sp³-hybridized carbons (Fsp3) is 0.360. The minimum absolute atomic E-state index is 0.275. The number of hydrogen-bond acceptors (Lipinski definition) is 4. The van der Waals surface area contributed by atoms with E-state index in [0.29, 0.717) is 12.3 Å². The number of piperidine rings is 1. The second-order valence-corrected chi connectivity index (χ2v) is 8.69. The molecule has 0 saturated carbocycles. The van der Waals surface area contributed by atoms with Crippen LogP contribution in [0.5, 0.6) is 0 Å². The second-order valence-electron chi connectivity index (χ2n) is 8.69. The molecule has 1 amide bonds. The third kappa shape index (κ3) is 4.42. The molecule has 7 nitrogen and oxygen atoms in total. The molecule has 5 rings (SSSR count). The van der Waals surface area contributed by atoms with E-state index in [1.54, 1.807) is 4.68 Å². The summed E-state index contributed by atoms with van der Waals surface area (Å²) in [4.78, 5) is 19.3. The molecule has 7 heteroatoms. The molecule has 0 atom stereocenters. The molecular weight excluding hydrogens is 400 g/mol. The summed E-state index contributed by atoms with van der Waals surface area (Å²) in [5.41, 5.74) is 5.22. The van der Waals surface area contributed by atoms with Crippen molar-refractivity contribution in [2.24, 2.45) is 13.0 Å². The van der Waals surface area contributed by atoms with Gasteiger partial charge >= 0.3 is 0 Å². The van der Waals surface area contributed by atoms with E-state index in [2.05, 4.69) is 50.2 Å². The van der Waals surface area contributed by atoms with Crippen molar-refractivity contribution in [3.8, 4) is 11.3 Å². The Labute approximate surface area is 187 Å². The number of likely N-dealkylation sites (tertiary alicyclic amines) is 1. The maximum Gasteiger partial charge on any atom is 0.222 e. The lowest BCUT2D eigenvalue weighted by atomic mass is 9.96. The van der Waals surface area contributed by atoms with Crippen molar-refractivity contribution in [3.63, 3.8) is 0 Å². The van der Waals surface area contributed by atoms with Crippen LogP contribution in [0.25, 0.3) is 22.3 Å². The van der Waals surface area contributed by atoms with Gasteiger partial charge in [0, 0.05) is 38.7 Å². The van der Waals surface area contributed by atoms with Crippen molar-refractivity contribution < 1.29 is 4.79 Å². The molecule has 0 unspecified atom stereocenters. The highest BCUT2D eigenvalue weighted by atomic mass is 16.2. The predicted octanol–water partition coefficient (Wildman–Crippen LogP) is 3.70. The monoisotopic (exact) mass is 428 g/mol. The van der Waals surface area contributed by atoms with E-state index >= 15 is 0 Å². The van der Waals surface area contributed by atoms with E-state index in [1.165, 1.54) is 5.56 Å². The molecule has 0 spiro atoms. The molecule has 32 heavy (non-hydrogen) atoms. The molecule has 164 valence electrons. The van der Waals surface area contributed by atoms with Gasteiger partial charge in [-0.1, -0.05) is 41.6 Å². The first-order chi connectivity index (χ1) is 15.7. The van der Waals surface area contributed by atoms with Crippen molar-refractivity contribution in [2.75, 3.05) is 13.1 Å². The highest BCUT2D eigenvalue weighted by molar-refractivity contribution is 5.81. The number of aryl methyl sites for hydroxylation is 2. The number of rotatable bonds is 6. The third-order valence-corrected chi connectivity index (χ3v) is 6.41. The number of carbonyl (C=O) groups excluding carboxylic acids is 1. The smallest absolute Gasteiger partial charge is 0.222 e. The highest BCUT2D eigenvalue weighted by Crippen LogP contribution is 2.25. The van der Waals surface area contributed by atoms with Crippen LogP contribution in [0.15, 0.2) is 61.1 Å². The zero-order valence-corrected chi connectivity index (χ0v) is 18.4. The highest BCUT2D eigenvalue weighted by Gasteiger charge is 2.23. The van der Waals surface area contributed by atoms with Crippen LogP contribution in [0, 0.1) is 5.92 Å². The van der Waals surface area contributed by atoms with E-state index in [4.69, 9.17) is 0 Å². The molecule has 1 fully saturated rings. The van der Waals surface area contributed by atoms with Crippen LogP contribution < -0.4 is 0 Å². The summed E-state index contributed by atoms with van der Waals surface area (Å²) < 4.78 is 3.95. The molecule has 0 radical (unpaired) electrons. The zero-order chi connectivity index (χ0) is 21.9. The number of imidazole rings is 1. The van der Waals surface area contributed by atoms with Crippen LogP contribution in [-0.4, -0.2) is 48.4 Å². The van der Waals surface area contributed by atoms with Crippen molar-refractivity contribution in [3.05, 3.63) is 66.6 Å². The minimum Gasteiger partial charge on any atom is -0.343 e. The maximum atomic E-state index is 12.6. The van der Waals surface area contributed by atoms with Gasteiger partial charge in [-0.15, -0.1) is 5.10 Å². The van der Waals surface area contributed by atoms with Gasteiger partial charge in [0.15, 0.2) is 0 Å². The lowest BCUT2D eigenvalue weighted by Gasteiger charge is -2.32. The van der Waals surface area contributed by atoms with Gasteiger partial charge in [0.25, 0.3) is 0 Å². The van der Waals surface area contributed by atoms with Crippen molar-refractivity contribution >= 4 is 16.9 Å². The van der Waals surface area contributed by atoms with Gasteiger partial charge in [-0.25, -0.2) is 4.98 Å². The van der Waals surface area contributed by atoms with Crippen molar-refractivity contribution in [2.45, 2.75) is 32.2 Å². The van der Waals surface area contributed by atoms with Gasteiger partial charge < -0.3 is 9.47 Å².